The van der Waals surface area contributed by atoms with Gasteiger partial charge in [0.25, 0.3) is 0 Å². The van der Waals surface area contributed by atoms with E-state index in [9.17, 15) is 5.11 Å². The molecular weight excluding hydrogens is 224 g/mol. The summed E-state index contributed by atoms with van der Waals surface area (Å²) in [5.74, 6) is 1.58. The van der Waals surface area contributed by atoms with Crippen LogP contribution in [0.1, 0.15) is 25.7 Å². The predicted molar refractivity (Wildman–Crippen MR) is 64.9 cm³/mol. The van der Waals surface area contributed by atoms with Gasteiger partial charge in [0.1, 0.15) is 12.4 Å². The molecule has 3 heteroatoms. The minimum Gasteiger partial charge on any atom is -0.491 e. The zero-order chi connectivity index (χ0) is 11.4. The minimum atomic E-state index is -0.361. The summed E-state index contributed by atoms with van der Waals surface area (Å²) in [6, 6.07) is 7.25. The first-order chi connectivity index (χ1) is 7.74. The summed E-state index contributed by atoms with van der Waals surface area (Å²) in [5, 5.41) is 10.4. The van der Waals surface area contributed by atoms with Crippen LogP contribution < -0.4 is 4.74 Å². The van der Waals surface area contributed by atoms with Crippen LogP contribution in [0.15, 0.2) is 24.3 Å². The van der Waals surface area contributed by atoms with E-state index in [1.807, 2.05) is 12.1 Å². The fourth-order valence-electron chi connectivity index (χ4n) is 1.67. The van der Waals surface area contributed by atoms with Crippen LogP contribution in [0.25, 0.3) is 0 Å². The molecule has 0 aromatic heterocycles. The maximum absolute atomic E-state index is 9.70. The molecule has 1 aliphatic rings. The molecule has 0 radical (unpaired) electrons. The summed E-state index contributed by atoms with van der Waals surface area (Å²) < 4.78 is 5.47. The van der Waals surface area contributed by atoms with E-state index in [1.54, 1.807) is 12.1 Å². The van der Waals surface area contributed by atoms with Crippen molar-refractivity contribution in [3.63, 3.8) is 0 Å². The lowest BCUT2D eigenvalue weighted by Gasteiger charge is -2.12. The highest BCUT2D eigenvalue weighted by molar-refractivity contribution is 6.30. The van der Waals surface area contributed by atoms with Gasteiger partial charge in [-0.3, -0.25) is 0 Å². The Kier molecular flexibility index (Phi) is 4.08. The van der Waals surface area contributed by atoms with Crippen molar-refractivity contribution in [3.8, 4) is 5.75 Å². The molecule has 0 aliphatic heterocycles. The maximum Gasteiger partial charge on any atom is 0.120 e. The van der Waals surface area contributed by atoms with E-state index in [0.717, 1.165) is 24.5 Å². The molecule has 1 aromatic rings. The molecule has 0 heterocycles. The van der Waals surface area contributed by atoms with Crippen LogP contribution in [0.2, 0.25) is 5.02 Å². The van der Waals surface area contributed by atoms with Crippen LogP contribution in [0.5, 0.6) is 5.75 Å². The Bertz CT molecular complexity index is 336. The number of rotatable bonds is 6. The number of aliphatic hydroxyl groups is 1. The van der Waals surface area contributed by atoms with E-state index < -0.39 is 0 Å². The molecule has 0 bridgehead atoms. The zero-order valence-electron chi connectivity index (χ0n) is 9.23. The van der Waals surface area contributed by atoms with Gasteiger partial charge in [0.15, 0.2) is 0 Å². The molecule has 2 rings (SSSR count). The van der Waals surface area contributed by atoms with E-state index in [2.05, 4.69) is 0 Å². The standard InChI is InChI=1S/C13H17ClO2/c14-11-2-1-3-13(8-11)16-9-12(15)7-6-10-4-5-10/h1-3,8,10,12,15H,4-7,9H2. The van der Waals surface area contributed by atoms with Gasteiger partial charge in [-0.05, 0) is 37.0 Å². The third kappa shape index (κ3) is 4.03. The number of hydrogen-bond acceptors (Lipinski definition) is 2. The summed E-state index contributed by atoms with van der Waals surface area (Å²) in [5.41, 5.74) is 0. The van der Waals surface area contributed by atoms with Gasteiger partial charge in [-0.15, -0.1) is 0 Å². The second-order valence-corrected chi connectivity index (χ2v) is 4.88. The fraction of sp³-hybridized carbons (Fsp3) is 0.538. The van der Waals surface area contributed by atoms with Crippen molar-refractivity contribution >= 4 is 11.6 Å². The Balaban J connectivity index is 1.69. The highest BCUT2D eigenvalue weighted by atomic mass is 35.5. The second kappa shape index (κ2) is 5.55. The number of halogens is 1. The summed E-state index contributed by atoms with van der Waals surface area (Å²) in [6.45, 7) is 0.354. The Hall–Kier alpha value is -0.730. The Morgan fingerprint density at radius 3 is 2.94 bits per heavy atom. The van der Waals surface area contributed by atoms with Crippen LogP contribution in [0.4, 0.5) is 0 Å². The molecule has 16 heavy (non-hydrogen) atoms. The topological polar surface area (TPSA) is 29.5 Å². The monoisotopic (exact) mass is 240 g/mol. The van der Waals surface area contributed by atoms with Crippen molar-refractivity contribution in [3.05, 3.63) is 29.3 Å². The SMILES string of the molecule is OC(CCC1CC1)COc1cccc(Cl)c1. The number of ether oxygens (including phenoxy) is 1. The first-order valence-electron chi connectivity index (χ1n) is 5.80. The summed E-state index contributed by atoms with van der Waals surface area (Å²) in [4.78, 5) is 0. The molecule has 1 aromatic carbocycles. The molecule has 0 saturated heterocycles. The van der Waals surface area contributed by atoms with Gasteiger partial charge in [-0.1, -0.05) is 30.5 Å². The quantitative estimate of drug-likeness (QED) is 0.827. The highest BCUT2D eigenvalue weighted by Gasteiger charge is 2.21. The smallest absolute Gasteiger partial charge is 0.120 e. The molecule has 1 aliphatic carbocycles. The van der Waals surface area contributed by atoms with Crippen molar-refractivity contribution in [1.29, 1.82) is 0 Å². The van der Waals surface area contributed by atoms with Gasteiger partial charge in [0.05, 0.1) is 6.10 Å². The molecule has 1 saturated carbocycles. The van der Waals surface area contributed by atoms with E-state index in [0.29, 0.717) is 11.6 Å². The predicted octanol–water partition coefficient (Wildman–Crippen LogP) is 3.27. The largest absolute Gasteiger partial charge is 0.491 e. The van der Waals surface area contributed by atoms with Crippen LogP contribution in [0.3, 0.4) is 0 Å². The third-order valence-corrected chi connectivity index (χ3v) is 3.08. The average Bonchev–Trinajstić information content (AvgIpc) is 3.07. The maximum atomic E-state index is 9.70. The average molecular weight is 241 g/mol. The van der Waals surface area contributed by atoms with E-state index >= 15 is 0 Å². The van der Waals surface area contributed by atoms with Crippen molar-refractivity contribution in [2.45, 2.75) is 31.8 Å². The fourth-order valence-corrected chi connectivity index (χ4v) is 1.85. The van der Waals surface area contributed by atoms with Gasteiger partial charge in [0, 0.05) is 5.02 Å². The van der Waals surface area contributed by atoms with E-state index in [-0.39, 0.29) is 6.10 Å². The lowest BCUT2D eigenvalue weighted by atomic mass is 10.1. The molecule has 2 nitrogen and oxygen atoms in total. The molecule has 0 spiro atoms. The number of benzene rings is 1. The van der Waals surface area contributed by atoms with Crippen LogP contribution in [0, 0.1) is 5.92 Å². The summed E-state index contributed by atoms with van der Waals surface area (Å²) in [6.07, 6.45) is 4.27. The Labute approximate surface area is 101 Å². The van der Waals surface area contributed by atoms with Crippen molar-refractivity contribution in [1.82, 2.24) is 0 Å². The lowest BCUT2D eigenvalue weighted by Crippen LogP contribution is -2.17. The van der Waals surface area contributed by atoms with Gasteiger partial charge in [-0.25, -0.2) is 0 Å². The van der Waals surface area contributed by atoms with Crippen LogP contribution in [-0.4, -0.2) is 17.8 Å². The molecule has 1 N–H and O–H groups in total. The molecular formula is C13H17ClO2. The van der Waals surface area contributed by atoms with Crippen molar-refractivity contribution < 1.29 is 9.84 Å². The Morgan fingerprint density at radius 2 is 2.25 bits per heavy atom. The van der Waals surface area contributed by atoms with Gasteiger partial charge in [0.2, 0.25) is 0 Å². The lowest BCUT2D eigenvalue weighted by molar-refractivity contribution is 0.0968. The minimum absolute atomic E-state index is 0.354. The number of aliphatic hydroxyl groups excluding tert-OH is 1. The molecule has 88 valence electrons. The highest BCUT2D eigenvalue weighted by Crippen LogP contribution is 2.33. The molecule has 1 unspecified atom stereocenters. The van der Waals surface area contributed by atoms with Crippen molar-refractivity contribution in [2.24, 2.45) is 5.92 Å². The zero-order valence-corrected chi connectivity index (χ0v) is 9.99. The van der Waals surface area contributed by atoms with Gasteiger partial charge >= 0.3 is 0 Å². The third-order valence-electron chi connectivity index (χ3n) is 2.84. The first kappa shape index (κ1) is 11.7. The van der Waals surface area contributed by atoms with E-state index in [1.165, 1.54) is 12.8 Å². The molecule has 0 amide bonds. The normalized spacial score (nSPS) is 17.1. The molecule has 1 fully saturated rings. The molecule has 1 atom stereocenters. The summed E-state index contributed by atoms with van der Waals surface area (Å²) >= 11 is 5.83. The summed E-state index contributed by atoms with van der Waals surface area (Å²) in [7, 11) is 0. The van der Waals surface area contributed by atoms with Crippen LogP contribution >= 0.6 is 11.6 Å². The van der Waals surface area contributed by atoms with E-state index in [4.69, 9.17) is 16.3 Å². The first-order valence-corrected chi connectivity index (χ1v) is 6.18. The van der Waals surface area contributed by atoms with Crippen LogP contribution in [-0.2, 0) is 0 Å². The van der Waals surface area contributed by atoms with Gasteiger partial charge < -0.3 is 9.84 Å². The second-order valence-electron chi connectivity index (χ2n) is 4.44. The Morgan fingerprint density at radius 1 is 1.44 bits per heavy atom. The van der Waals surface area contributed by atoms with Gasteiger partial charge in [-0.2, -0.15) is 0 Å². The number of hydrogen-bond donors (Lipinski definition) is 1. The van der Waals surface area contributed by atoms with Crippen molar-refractivity contribution in [2.75, 3.05) is 6.61 Å².